The predicted octanol–water partition coefficient (Wildman–Crippen LogP) is 0.843. The summed E-state index contributed by atoms with van der Waals surface area (Å²) in [5, 5.41) is 8.08. The number of esters is 1. The number of aromatic nitrogens is 3. The van der Waals surface area contributed by atoms with Gasteiger partial charge in [-0.1, -0.05) is 17.3 Å². The van der Waals surface area contributed by atoms with Crippen molar-refractivity contribution < 1.29 is 14.3 Å². The van der Waals surface area contributed by atoms with Gasteiger partial charge in [0, 0.05) is 13.1 Å². The molecule has 116 valence electrons. The molecule has 1 fully saturated rings. The fraction of sp³-hybridized carbons (Fsp3) is 0.467. The zero-order valence-electron chi connectivity index (χ0n) is 12.4. The largest absolute Gasteiger partial charge is 0.469 e. The number of methoxy groups -OCH3 is 1. The number of carbonyl (C=O) groups excluding carboxylic acids is 2. The molecule has 1 amide bonds. The molecule has 1 aromatic heterocycles. The van der Waals surface area contributed by atoms with Crippen molar-refractivity contribution in [1.82, 2.24) is 19.9 Å². The van der Waals surface area contributed by atoms with Gasteiger partial charge < -0.3 is 9.64 Å². The minimum Gasteiger partial charge on any atom is -0.469 e. The van der Waals surface area contributed by atoms with Crippen LogP contribution in [0.3, 0.4) is 0 Å². The normalized spacial score (nSPS) is 16.0. The standard InChI is InChI=1S/C15H18N4O3/c1-22-15(21)11-6-8-18(9-7-11)14(20)10-19-13-5-3-2-4-12(13)16-17-19/h2-5,11H,6-10H2,1H3. The summed E-state index contributed by atoms with van der Waals surface area (Å²) in [6.45, 7) is 1.32. The van der Waals surface area contributed by atoms with Crippen molar-refractivity contribution >= 4 is 22.9 Å². The Morgan fingerprint density at radius 2 is 2.00 bits per heavy atom. The summed E-state index contributed by atoms with van der Waals surface area (Å²) in [5.41, 5.74) is 1.62. The van der Waals surface area contributed by atoms with Crippen LogP contribution in [0.25, 0.3) is 11.0 Å². The number of carbonyl (C=O) groups is 2. The van der Waals surface area contributed by atoms with Crippen LogP contribution in [0.2, 0.25) is 0 Å². The van der Waals surface area contributed by atoms with Crippen LogP contribution in [0.15, 0.2) is 24.3 Å². The number of para-hydroxylation sites is 1. The van der Waals surface area contributed by atoms with Crippen LogP contribution < -0.4 is 0 Å². The fourth-order valence-corrected chi connectivity index (χ4v) is 2.79. The van der Waals surface area contributed by atoms with Gasteiger partial charge in [0.1, 0.15) is 12.1 Å². The van der Waals surface area contributed by atoms with E-state index in [0.29, 0.717) is 25.9 Å². The molecule has 0 N–H and O–H groups in total. The van der Waals surface area contributed by atoms with E-state index in [9.17, 15) is 9.59 Å². The zero-order chi connectivity index (χ0) is 15.5. The summed E-state index contributed by atoms with van der Waals surface area (Å²) in [6, 6.07) is 7.55. The Morgan fingerprint density at radius 1 is 1.27 bits per heavy atom. The van der Waals surface area contributed by atoms with E-state index in [4.69, 9.17) is 4.74 Å². The zero-order valence-corrected chi connectivity index (χ0v) is 12.4. The number of nitrogens with zero attached hydrogens (tertiary/aromatic N) is 4. The minimum atomic E-state index is -0.186. The Balaban J connectivity index is 1.62. The number of benzene rings is 1. The number of hydrogen-bond donors (Lipinski definition) is 0. The quantitative estimate of drug-likeness (QED) is 0.785. The second-order valence-corrected chi connectivity index (χ2v) is 5.41. The molecule has 0 unspecified atom stereocenters. The van der Waals surface area contributed by atoms with Crippen molar-refractivity contribution in [3.63, 3.8) is 0 Å². The van der Waals surface area contributed by atoms with Crippen LogP contribution in [0, 0.1) is 5.92 Å². The Bertz CT molecular complexity index is 689. The van der Waals surface area contributed by atoms with E-state index in [2.05, 4.69) is 10.3 Å². The van der Waals surface area contributed by atoms with Crippen molar-refractivity contribution in [2.75, 3.05) is 20.2 Å². The molecule has 1 aliphatic heterocycles. The Hall–Kier alpha value is -2.44. The second-order valence-electron chi connectivity index (χ2n) is 5.41. The van der Waals surface area contributed by atoms with Gasteiger partial charge in [-0.25, -0.2) is 4.68 Å². The van der Waals surface area contributed by atoms with Gasteiger partial charge in [-0.2, -0.15) is 0 Å². The van der Waals surface area contributed by atoms with Crippen molar-refractivity contribution in [1.29, 1.82) is 0 Å². The van der Waals surface area contributed by atoms with E-state index >= 15 is 0 Å². The smallest absolute Gasteiger partial charge is 0.308 e. The van der Waals surface area contributed by atoms with Crippen LogP contribution in [0.1, 0.15) is 12.8 Å². The first-order valence-corrected chi connectivity index (χ1v) is 7.33. The van der Waals surface area contributed by atoms with E-state index in [1.165, 1.54) is 7.11 Å². The third kappa shape index (κ3) is 2.79. The van der Waals surface area contributed by atoms with Crippen molar-refractivity contribution in [2.45, 2.75) is 19.4 Å². The lowest BCUT2D eigenvalue weighted by molar-refractivity contribution is -0.149. The number of amides is 1. The Morgan fingerprint density at radius 3 is 2.73 bits per heavy atom. The Labute approximate surface area is 127 Å². The maximum absolute atomic E-state index is 12.4. The second kappa shape index (κ2) is 6.13. The molecule has 1 aliphatic rings. The molecule has 1 aromatic carbocycles. The first-order chi connectivity index (χ1) is 10.7. The summed E-state index contributed by atoms with van der Waals surface area (Å²) >= 11 is 0. The van der Waals surface area contributed by atoms with Gasteiger partial charge in [0.05, 0.1) is 18.5 Å². The van der Waals surface area contributed by atoms with Crippen LogP contribution in [-0.4, -0.2) is 52.0 Å². The molecule has 0 radical (unpaired) electrons. The molecule has 0 spiro atoms. The highest BCUT2D eigenvalue weighted by Gasteiger charge is 2.28. The molecule has 7 heteroatoms. The SMILES string of the molecule is COC(=O)C1CCN(C(=O)Cn2nnc3ccccc32)CC1. The fourth-order valence-electron chi connectivity index (χ4n) is 2.79. The van der Waals surface area contributed by atoms with Gasteiger partial charge in [0.15, 0.2) is 0 Å². The highest BCUT2D eigenvalue weighted by molar-refractivity contribution is 5.80. The number of rotatable bonds is 3. The van der Waals surface area contributed by atoms with Gasteiger partial charge in [-0.3, -0.25) is 9.59 Å². The summed E-state index contributed by atoms with van der Waals surface area (Å²) < 4.78 is 6.37. The lowest BCUT2D eigenvalue weighted by Crippen LogP contribution is -2.42. The van der Waals surface area contributed by atoms with Gasteiger partial charge in [-0.15, -0.1) is 5.10 Å². The summed E-state index contributed by atoms with van der Waals surface area (Å²) in [6.07, 6.45) is 1.30. The molecule has 7 nitrogen and oxygen atoms in total. The first-order valence-electron chi connectivity index (χ1n) is 7.33. The average Bonchev–Trinajstić information content (AvgIpc) is 2.97. The molecule has 1 saturated heterocycles. The van der Waals surface area contributed by atoms with E-state index in [1.54, 1.807) is 9.58 Å². The molecular weight excluding hydrogens is 284 g/mol. The molecule has 2 aromatic rings. The van der Waals surface area contributed by atoms with Gasteiger partial charge >= 0.3 is 5.97 Å². The molecular formula is C15H18N4O3. The number of fused-ring (bicyclic) bond motifs is 1. The highest BCUT2D eigenvalue weighted by Crippen LogP contribution is 2.19. The molecule has 3 rings (SSSR count). The number of piperidine rings is 1. The van der Waals surface area contributed by atoms with E-state index in [1.807, 2.05) is 24.3 Å². The third-order valence-corrected chi connectivity index (χ3v) is 4.09. The molecule has 22 heavy (non-hydrogen) atoms. The van der Waals surface area contributed by atoms with Crippen molar-refractivity contribution in [3.8, 4) is 0 Å². The van der Waals surface area contributed by atoms with E-state index in [-0.39, 0.29) is 24.3 Å². The Kier molecular flexibility index (Phi) is 4.04. The molecule has 0 saturated carbocycles. The van der Waals surface area contributed by atoms with Crippen molar-refractivity contribution in [3.05, 3.63) is 24.3 Å². The van der Waals surface area contributed by atoms with Gasteiger partial charge in [0.2, 0.25) is 5.91 Å². The van der Waals surface area contributed by atoms with Crippen molar-refractivity contribution in [2.24, 2.45) is 5.92 Å². The highest BCUT2D eigenvalue weighted by atomic mass is 16.5. The van der Waals surface area contributed by atoms with Gasteiger partial charge in [-0.05, 0) is 25.0 Å². The molecule has 0 atom stereocenters. The van der Waals surface area contributed by atoms with Crippen LogP contribution in [0.4, 0.5) is 0 Å². The topological polar surface area (TPSA) is 77.3 Å². The molecule has 0 bridgehead atoms. The van der Waals surface area contributed by atoms with Crippen LogP contribution in [0.5, 0.6) is 0 Å². The molecule has 0 aliphatic carbocycles. The maximum Gasteiger partial charge on any atom is 0.308 e. The number of hydrogen-bond acceptors (Lipinski definition) is 5. The van der Waals surface area contributed by atoms with Crippen LogP contribution >= 0.6 is 0 Å². The lowest BCUT2D eigenvalue weighted by atomic mass is 9.97. The molecule has 2 heterocycles. The summed E-state index contributed by atoms with van der Waals surface area (Å²) in [5.74, 6) is -0.283. The summed E-state index contributed by atoms with van der Waals surface area (Å²) in [7, 11) is 1.40. The van der Waals surface area contributed by atoms with Crippen LogP contribution in [-0.2, 0) is 20.9 Å². The summed E-state index contributed by atoms with van der Waals surface area (Å²) in [4.78, 5) is 25.6. The maximum atomic E-state index is 12.4. The number of likely N-dealkylation sites (tertiary alicyclic amines) is 1. The monoisotopic (exact) mass is 302 g/mol. The lowest BCUT2D eigenvalue weighted by Gasteiger charge is -2.30. The minimum absolute atomic E-state index is 0.000955. The predicted molar refractivity (Wildman–Crippen MR) is 78.8 cm³/mol. The van der Waals surface area contributed by atoms with Gasteiger partial charge in [0.25, 0.3) is 0 Å². The number of ether oxygens (including phenoxy) is 1. The van der Waals surface area contributed by atoms with E-state index in [0.717, 1.165) is 11.0 Å². The third-order valence-electron chi connectivity index (χ3n) is 4.09. The average molecular weight is 302 g/mol. The van der Waals surface area contributed by atoms with E-state index < -0.39 is 0 Å². The first kappa shape index (κ1) is 14.5.